The van der Waals surface area contributed by atoms with Crippen LogP contribution in [-0.4, -0.2) is 24.1 Å². The molecule has 152 valence electrons. The van der Waals surface area contributed by atoms with Crippen LogP contribution in [0.3, 0.4) is 0 Å². The zero-order valence-corrected chi connectivity index (χ0v) is 16.3. The molecule has 0 fully saturated rings. The van der Waals surface area contributed by atoms with E-state index >= 15 is 0 Å². The number of carboxylic acid groups (broad SMARTS) is 1. The molecule has 1 atom stereocenters. The number of benzene rings is 3. The van der Waals surface area contributed by atoms with Crippen LogP contribution in [0.5, 0.6) is 5.75 Å². The van der Waals surface area contributed by atoms with Crippen LogP contribution in [0.15, 0.2) is 65.7 Å². The number of aromatic carboxylic acids is 1. The molecule has 1 unspecified atom stereocenters. The second-order valence-corrected chi connectivity index (χ2v) is 6.82. The topological polar surface area (TPSA) is 80.2 Å². The second kappa shape index (κ2) is 7.96. The summed E-state index contributed by atoms with van der Waals surface area (Å²) in [6.45, 7) is 1.93. The fourth-order valence-electron chi connectivity index (χ4n) is 3.43. The van der Waals surface area contributed by atoms with Gasteiger partial charge >= 0.3 is 5.97 Å². The number of aryl methyl sites for hydroxylation is 1. The van der Waals surface area contributed by atoms with Crippen molar-refractivity contribution in [2.45, 2.75) is 13.1 Å². The zero-order valence-electron chi connectivity index (χ0n) is 16.3. The van der Waals surface area contributed by atoms with Gasteiger partial charge in [0.25, 0.3) is 0 Å². The number of hydrogen-bond donors (Lipinski definition) is 2. The fourth-order valence-corrected chi connectivity index (χ4v) is 3.43. The highest BCUT2D eigenvalue weighted by molar-refractivity contribution is 6.02. The van der Waals surface area contributed by atoms with Crippen molar-refractivity contribution in [2.24, 2.45) is 4.99 Å². The van der Waals surface area contributed by atoms with Crippen LogP contribution in [0.1, 0.15) is 33.2 Å². The van der Waals surface area contributed by atoms with Crippen LogP contribution in [0.25, 0.3) is 11.1 Å². The van der Waals surface area contributed by atoms with E-state index in [1.165, 1.54) is 31.4 Å². The zero-order chi connectivity index (χ0) is 21.3. The van der Waals surface area contributed by atoms with Gasteiger partial charge in [-0.3, -0.25) is 0 Å². The first-order chi connectivity index (χ1) is 14.5. The average molecular weight is 406 g/mol. The Morgan fingerprint density at radius 2 is 1.93 bits per heavy atom. The molecule has 7 heteroatoms. The Hall–Kier alpha value is -3.71. The predicted molar refractivity (Wildman–Crippen MR) is 110 cm³/mol. The Morgan fingerprint density at radius 3 is 2.67 bits per heavy atom. The smallest absolute Gasteiger partial charge is 0.336 e. The van der Waals surface area contributed by atoms with Gasteiger partial charge in [-0.25, -0.2) is 14.2 Å². The molecule has 1 heterocycles. The highest BCUT2D eigenvalue weighted by Gasteiger charge is 2.26. The standard InChI is InChI=1S/C23H19FN2O4/c1-13-5-3-4-6-16(13)17-9-7-14(11-18(17)23(27)28)22-25-21(26-30-22)19-12-15(24)8-10-20(19)29-2/h3-12,21,26H,1-2H3,(H,27,28). The molecule has 1 aliphatic rings. The minimum absolute atomic E-state index is 0.139. The second-order valence-electron chi connectivity index (χ2n) is 6.82. The number of carbonyl (C=O) groups is 1. The summed E-state index contributed by atoms with van der Waals surface area (Å²) in [6, 6.07) is 16.7. The van der Waals surface area contributed by atoms with E-state index in [4.69, 9.17) is 9.57 Å². The first kappa shape index (κ1) is 19.6. The Bertz CT molecular complexity index is 1160. The molecule has 0 saturated heterocycles. The maximum absolute atomic E-state index is 13.7. The first-order valence-corrected chi connectivity index (χ1v) is 9.25. The molecule has 0 saturated carbocycles. The molecule has 3 aromatic rings. The molecule has 2 N–H and O–H groups in total. The summed E-state index contributed by atoms with van der Waals surface area (Å²) >= 11 is 0. The Labute approximate surface area is 172 Å². The average Bonchev–Trinajstić information content (AvgIpc) is 3.24. The molecule has 30 heavy (non-hydrogen) atoms. The number of methoxy groups -OCH3 is 1. The summed E-state index contributed by atoms with van der Waals surface area (Å²) in [5, 5.41) is 9.76. The van der Waals surface area contributed by atoms with Crippen molar-refractivity contribution in [2.75, 3.05) is 7.11 Å². The maximum atomic E-state index is 13.7. The molecule has 1 aliphatic heterocycles. The van der Waals surface area contributed by atoms with Gasteiger partial charge in [0.15, 0.2) is 6.17 Å². The summed E-state index contributed by atoms with van der Waals surface area (Å²) in [7, 11) is 1.49. The molecule has 0 amide bonds. The minimum Gasteiger partial charge on any atom is -0.496 e. The largest absolute Gasteiger partial charge is 0.496 e. The van der Waals surface area contributed by atoms with Gasteiger partial charge in [0.05, 0.1) is 12.7 Å². The van der Waals surface area contributed by atoms with Crippen LogP contribution in [0.2, 0.25) is 0 Å². The maximum Gasteiger partial charge on any atom is 0.336 e. The van der Waals surface area contributed by atoms with Crippen molar-refractivity contribution in [3.05, 3.63) is 88.7 Å². The van der Waals surface area contributed by atoms with E-state index in [1.54, 1.807) is 12.1 Å². The van der Waals surface area contributed by atoms with Crippen molar-refractivity contribution in [1.82, 2.24) is 5.48 Å². The minimum atomic E-state index is -1.05. The first-order valence-electron chi connectivity index (χ1n) is 9.25. The number of carboxylic acids is 1. The quantitative estimate of drug-likeness (QED) is 0.653. The Balaban J connectivity index is 1.73. The van der Waals surface area contributed by atoms with Crippen molar-refractivity contribution in [3.63, 3.8) is 0 Å². The van der Waals surface area contributed by atoms with Crippen LogP contribution in [0, 0.1) is 12.7 Å². The number of nitrogens with one attached hydrogen (secondary N) is 1. The third kappa shape index (κ3) is 3.62. The molecule has 0 aromatic heterocycles. The van der Waals surface area contributed by atoms with Gasteiger partial charge in [-0.05, 0) is 53.9 Å². The normalized spacial score (nSPS) is 15.4. The Kier molecular flexibility index (Phi) is 5.20. The third-order valence-corrected chi connectivity index (χ3v) is 4.93. The highest BCUT2D eigenvalue weighted by Crippen LogP contribution is 2.32. The lowest BCUT2D eigenvalue weighted by Crippen LogP contribution is -2.16. The summed E-state index contributed by atoms with van der Waals surface area (Å²) in [6.07, 6.45) is -0.685. The molecule has 3 aromatic carbocycles. The number of ether oxygens (including phenoxy) is 1. The molecule has 0 bridgehead atoms. The lowest BCUT2D eigenvalue weighted by Gasteiger charge is -2.11. The van der Waals surface area contributed by atoms with Gasteiger partial charge in [0.1, 0.15) is 11.6 Å². The van der Waals surface area contributed by atoms with Gasteiger partial charge in [-0.1, -0.05) is 30.3 Å². The van der Waals surface area contributed by atoms with E-state index in [-0.39, 0.29) is 11.5 Å². The van der Waals surface area contributed by atoms with Gasteiger partial charge in [0, 0.05) is 11.1 Å². The lowest BCUT2D eigenvalue weighted by molar-refractivity contribution is 0.0697. The number of nitrogens with zero attached hydrogens (tertiary/aromatic N) is 1. The van der Waals surface area contributed by atoms with Crippen molar-refractivity contribution < 1.29 is 23.9 Å². The molecule has 0 spiro atoms. The molecule has 6 nitrogen and oxygen atoms in total. The van der Waals surface area contributed by atoms with E-state index in [9.17, 15) is 14.3 Å². The van der Waals surface area contributed by atoms with Gasteiger partial charge in [-0.2, -0.15) is 0 Å². The highest BCUT2D eigenvalue weighted by atomic mass is 19.1. The number of hydroxylamine groups is 1. The summed E-state index contributed by atoms with van der Waals surface area (Å²) < 4.78 is 19.0. The SMILES string of the molecule is COc1ccc(F)cc1C1N=C(c2ccc(-c3ccccc3C)c(C(=O)O)c2)ON1. The lowest BCUT2D eigenvalue weighted by atomic mass is 9.94. The van der Waals surface area contributed by atoms with Crippen LogP contribution in [0.4, 0.5) is 4.39 Å². The van der Waals surface area contributed by atoms with Crippen molar-refractivity contribution in [3.8, 4) is 16.9 Å². The molecule has 0 radical (unpaired) electrons. The fraction of sp³-hybridized carbons (Fsp3) is 0.130. The molecular weight excluding hydrogens is 387 g/mol. The summed E-state index contributed by atoms with van der Waals surface area (Å²) in [4.78, 5) is 21.8. The number of rotatable bonds is 5. The van der Waals surface area contributed by atoms with Crippen LogP contribution < -0.4 is 10.2 Å². The summed E-state index contributed by atoms with van der Waals surface area (Å²) in [5.74, 6) is -0.800. The van der Waals surface area contributed by atoms with Crippen molar-refractivity contribution >= 4 is 11.9 Å². The van der Waals surface area contributed by atoms with Gasteiger partial charge in [0.2, 0.25) is 5.90 Å². The molecule has 0 aliphatic carbocycles. The van der Waals surface area contributed by atoms with E-state index in [0.29, 0.717) is 22.4 Å². The van der Waals surface area contributed by atoms with E-state index in [0.717, 1.165) is 11.1 Å². The monoisotopic (exact) mass is 406 g/mol. The van der Waals surface area contributed by atoms with Crippen LogP contribution in [-0.2, 0) is 4.84 Å². The summed E-state index contributed by atoms with van der Waals surface area (Å²) in [5.41, 5.74) is 6.27. The molecule has 4 rings (SSSR count). The number of halogens is 1. The van der Waals surface area contributed by atoms with Crippen molar-refractivity contribution in [1.29, 1.82) is 0 Å². The number of hydrogen-bond acceptors (Lipinski definition) is 5. The van der Waals surface area contributed by atoms with E-state index < -0.39 is 18.0 Å². The van der Waals surface area contributed by atoms with Gasteiger partial charge in [-0.15, -0.1) is 5.48 Å². The third-order valence-electron chi connectivity index (χ3n) is 4.93. The van der Waals surface area contributed by atoms with Crippen LogP contribution >= 0.6 is 0 Å². The molecular formula is C23H19FN2O4. The Morgan fingerprint density at radius 1 is 1.13 bits per heavy atom. The van der Waals surface area contributed by atoms with Gasteiger partial charge < -0.3 is 14.7 Å². The number of aliphatic imine (C=N–C) groups is 1. The predicted octanol–water partition coefficient (Wildman–Crippen LogP) is 4.49. The van der Waals surface area contributed by atoms with E-state index in [2.05, 4.69) is 10.5 Å². The van der Waals surface area contributed by atoms with E-state index in [1.807, 2.05) is 31.2 Å².